The van der Waals surface area contributed by atoms with Gasteiger partial charge in [-0.05, 0) is 36.4 Å². The Labute approximate surface area is 112 Å². The number of aromatic amines is 2. The van der Waals surface area contributed by atoms with E-state index in [4.69, 9.17) is 5.73 Å². The molecule has 1 aromatic heterocycles. The molecule has 6 heteroatoms. The second-order valence-electron chi connectivity index (χ2n) is 4.40. The van der Waals surface area contributed by atoms with Crippen molar-refractivity contribution in [2.24, 2.45) is 0 Å². The summed E-state index contributed by atoms with van der Waals surface area (Å²) in [4.78, 5) is 28.7. The Morgan fingerprint density at radius 1 is 1.05 bits per heavy atom. The highest BCUT2D eigenvalue weighted by Crippen LogP contribution is 2.19. The molecule has 0 fully saturated rings. The number of carbonyl (C=O) groups is 1. The van der Waals surface area contributed by atoms with Gasteiger partial charge in [-0.15, -0.1) is 0 Å². The zero-order valence-corrected chi connectivity index (χ0v) is 10.2. The number of anilines is 1. The molecule has 1 heterocycles. The third kappa shape index (κ3) is 1.97. The number of H-pyrrole nitrogens is 2. The molecule has 0 saturated carbocycles. The van der Waals surface area contributed by atoms with Crippen LogP contribution in [0.15, 0.2) is 41.2 Å². The van der Waals surface area contributed by atoms with Crippen LogP contribution >= 0.6 is 0 Å². The van der Waals surface area contributed by atoms with E-state index in [9.17, 15) is 14.0 Å². The zero-order valence-electron chi connectivity index (χ0n) is 10.2. The highest BCUT2D eigenvalue weighted by atomic mass is 19.1. The molecule has 0 unspecified atom stereocenters. The summed E-state index contributed by atoms with van der Waals surface area (Å²) >= 11 is 0. The summed E-state index contributed by atoms with van der Waals surface area (Å²) in [6.45, 7) is 0. The number of benzene rings is 2. The van der Waals surface area contributed by atoms with E-state index in [1.165, 1.54) is 12.1 Å². The van der Waals surface area contributed by atoms with Crippen LogP contribution in [0.2, 0.25) is 0 Å². The average Bonchev–Trinajstić information content (AvgIpc) is 2.77. The summed E-state index contributed by atoms with van der Waals surface area (Å²) in [5, 5.41) is 0. The van der Waals surface area contributed by atoms with Gasteiger partial charge in [0, 0.05) is 16.8 Å². The van der Waals surface area contributed by atoms with Gasteiger partial charge in [0.2, 0.25) is 0 Å². The lowest BCUT2D eigenvalue weighted by atomic mass is 10.0. The maximum Gasteiger partial charge on any atom is 0.323 e. The molecular formula is C14H10FN3O2. The van der Waals surface area contributed by atoms with Crippen molar-refractivity contribution in [3.05, 3.63) is 63.8 Å². The number of fused-ring (bicyclic) bond motifs is 1. The molecule has 20 heavy (non-hydrogen) atoms. The van der Waals surface area contributed by atoms with E-state index in [1.54, 1.807) is 18.2 Å². The SMILES string of the molecule is Nc1cc(F)ccc1C(=O)c1ccc2[nH]c(=O)[nH]c2c1. The molecule has 3 rings (SSSR count). The Morgan fingerprint density at radius 3 is 2.55 bits per heavy atom. The first-order valence-corrected chi connectivity index (χ1v) is 5.86. The van der Waals surface area contributed by atoms with Gasteiger partial charge in [0.05, 0.1) is 11.0 Å². The van der Waals surface area contributed by atoms with E-state index in [2.05, 4.69) is 9.97 Å². The minimum absolute atomic E-state index is 0.0812. The van der Waals surface area contributed by atoms with Gasteiger partial charge in [-0.3, -0.25) is 4.79 Å². The molecule has 0 aliphatic carbocycles. The van der Waals surface area contributed by atoms with Crippen molar-refractivity contribution in [3.63, 3.8) is 0 Å². The Bertz CT molecular complexity index is 880. The van der Waals surface area contributed by atoms with Crippen LogP contribution in [0, 0.1) is 5.82 Å². The lowest BCUT2D eigenvalue weighted by Crippen LogP contribution is -2.05. The predicted molar refractivity (Wildman–Crippen MR) is 73.2 cm³/mol. The van der Waals surface area contributed by atoms with E-state index in [0.717, 1.165) is 6.07 Å². The van der Waals surface area contributed by atoms with Crippen LogP contribution in [0.3, 0.4) is 0 Å². The fourth-order valence-electron chi connectivity index (χ4n) is 2.07. The Balaban J connectivity index is 2.09. The topological polar surface area (TPSA) is 91.7 Å². The van der Waals surface area contributed by atoms with Gasteiger partial charge in [-0.1, -0.05) is 0 Å². The summed E-state index contributed by atoms with van der Waals surface area (Å²) in [7, 11) is 0. The predicted octanol–water partition coefficient (Wildman–Crippen LogP) is 1.81. The van der Waals surface area contributed by atoms with Crippen molar-refractivity contribution >= 4 is 22.5 Å². The van der Waals surface area contributed by atoms with Crippen LogP contribution in [0.4, 0.5) is 10.1 Å². The first-order chi connectivity index (χ1) is 9.54. The lowest BCUT2D eigenvalue weighted by Gasteiger charge is -2.05. The van der Waals surface area contributed by atoms with Gasteiger partial charge < -0.3 is 15.7 Å². The maximum atomic E-state index is 13.0. The van der Waals surface area contributed by atoms with Crippen LogP contribution in [-0.2, 0) is 0 Å². The number of nitrogens with two attached hydrogens (primary N) is 1. The smallest absolute Gasteiger partial charge is 0.323 e. The Morgan fingerprint density at radius 2 is 1.80 bits per heavy atom. The summed E-state index contributed by atoms with van der Waals surface area (Å²) in [5.41, 5.74) is 7.12. The third-order valence-electron chi connectivity index (χ3n) is 3.04. The number of imidazole rings is 1. The minimum atomic E-state index is -0.496. The zero-order chi connectivity index (χ0) is 14.3. The number of nitrogens with one attached hydrogen (secondary N) is 2. The number of carbonyl (C=O) groups excluding carboxylic acids is 1. The number of ketones is 1. The molecule has 2 aromatic carbocycles. The molecule has 0 aliphatic rings. The number of hydrogen-bond acceptors (Lipinski definition) is 3. The molecule has 0 radical (unpaired) electrons. The van der Waals surface area contributed by atoms with Crippen molar-refractivity contribution in [1.29, 1.82) is 0 Å². The van der Waals surface area contributed by atoms with Gasteiger partial charge >= 0.3 is 5.69 Å². The van der Waals surface area contributed by atoms with Crippen molar-refractivity contribution in [1.82, 2.24) is 9.97 Å². The minimum Gasteiger partial charge on any atom is -0.398 e. The van der Waals surface area contributed by atoms with E-state index in [0.29, 0.717) is 16.6 Å². The molecule has 3 aromatic rings. The Hall–Kier alpha value is -2.89. The fourth-order valence-corrected chi connectivity index (χ4v) is 2.07. The summed E-state index contributed by atoms with van der Waals surface area (Å²) in [6, 6.07) is 8.39. The average molecular weight is 271 g/mol. The van der Waals surface area contributed by atoms with Crippen LogP contribution in [0.1, 0.15) is 15.9 Å². The largest absolute Gasteiger partial charge is 0.398 e. The monoisotopic (exact) mass is 271 g/mol. The summed E-state index contributed by atoms with van der Waals surface area (Å²) in [6.07, 6.45) is 0. The van der Waals surface area contributed by atoms with Gasteiger partial charge in [-0.2, -0.15) is 0 Å². The first kappa shape index (κ1) is 12.2. The van der Waals surface area contributed by atoms with Gasteiger partial charge in [0.1, 0.15) is 5.82 Å². The molecule has 0 spiro atoms. The number of nitrogen functional groups attached to an aromatic ring is 1. The van der Waals surface area contributed by atoms with Crippen molar-refractivity contribution in [3.8, 4) is 0 Å². The maximum absolute atomic E-state index is 13.0. The Kier molecular flexibility index (Phi) is 2.64. The van der Waals surface area contributed by atoms with Crippen LogP contribution in [0.25, 0.3) is 11.0 Å². The molecule has 0 saturated heterocycles. The highest BCUT2D eigenvalue weighted by molar-refractivity contribution is 6.13. The summed E-state index contributed by atoms with van der Waals surface area (Å²) in [5.74, 6) is -0.823. The number of halogens is 1. The van der Waals surface area contributed by atoms with Crippen LogP contribution < -0.4 is 11.4 Å². The summed E-state index contributed by atoms with van der Waals surface area (Å²) < 4.78 is 13.0. The second kappa shape index (κ2) is 4.34. The molecule has 4 N–H and O–H groups in total. The number of hydrogen-bond donors (Lipinski definition) is 3. The molecular weight excluding hydrogens is 261 g/mol. The quantitative estimate of drug-likeness (QED) is 0.490. The second-order valence-corrected chi connectivity index (χ2v) is 4.40. The lowest BCUT2D eigenvalue weighted by molar-refractivity contribution is 0.103. The van der Waals surface area contributed by atoms with Crippen molar-refractivity contribution < 1.29 is 9.18 Å². The molecule has 100 valence electrons. The van der Waals surface area contributed by atoms with Gasteiger partial charge in [0.25, 0.3) is 0 Å². The van der Waals surface area contributed by atoms with Crippen LogP contribution in [-0.4, -0.2) is 15.8 Å². The normalized spacial score (nSPS) is 10.8. The van der Waals surface area contributed by atoms with E-state index < -0.39 is 5.82 Å². The third-order valence-corrected chi connectivity index (χ3v) is 3.04. The number of rotatable bonds is 2. The van der Waals surface area contributed by atoms with E-state index >= 15 is 0 Å². The molecule has 5 nitrogen and oxygen atoms in total. The highest BCUT2D eigenvalue weighted by Gasteiger charge is 2.14. The van der Waals surface area contributed by atoms with E-state index in [1.807, 2.05) is 0 Å². The van der Waals surface area contributed by atoms with Gasteiger partial charge in [0.15, 0.2) is 5.78 Å². The number of aromatic nitrogens is 2. The molecule has 0 aliphatic heterocycles. The molecule has 0 bridgehead atoms. The standard InChI is InChI=1S/C14H10FN3O2/c15-8-2-3-9(10(16)6-8)13(19)7-1-4-11-12(5-7)18-14(20)17-11/h1-6H,16H2,(H2,17,18,20). The molecule has 0 atom stereocenters. The van der Waals surface area contributed by atoms with E-state index in [-0.39, 0.29) is 22.7 Å². The van der Waals surface area contributed by atoms with Crippen molar-refractivity contribution in [2.45, 2.75) is 0 Å². The molecule has 0 amide bonds. The van der Waals surface area contributed by atoms with Crippen molar-refractivity contribution in [2.75, 3.05) is 5.73 Å². The fraction of sp³-hybridized carbons (Fsp3) is 0. The van der Waals surface area contributed by atoms with Gasteiger partial charge in [-0.25, -0.2) is 9.18 Å². The van der Waals surface area contributed by atoms with Crippen LogP contribution in [0.5, 0.6) is 0 Å². The first-order valence-electron chi connectivity index (χ1n) is 5.86.